The van der Waals surface area contributed by atoms with Crippen molar-refractivity contribution in [3.63, 3.8) is 0 Å². The number of carbonyl (C=O) groups excluding carboxylic acids is 3. The maximum Gasteiger partial charge on any atom is 0.248 e. The minimum Gasteiger partial charge on any atom is -0.392 e. The van der Waals surface area contributed by atoms with Crippen LogP contribution in [-0.4, -0.2) is 75.6 Å². The van der Waals surface area contributed by atoms with Crippen LogP contribution in [0.4, 0.5) is 5.82 Å². The number of piperidine rings is 1. The number of anilines is 1. The molecule has 1 aliphatic carbocycles. The first-order valence-corrected chi connectivity index (χ1v) is 14.6. The lowest BCUT2D eigenvalue weighted by Gasteiger charge is -2.28. The van der Waals surface area contributed by atoms with Gasteiger partial charge in [0.05, 0.1) is 24.3 Å². The molecule has 1 saturated carbocycles. The summed E-state index contributed by atoms with van der Waals surface area (Å²) in [5, 5.41) is 28.3. The standard InChI is InChI=1S/C30H30BrN7O5/c1-14-7-18(19-10-32-16(3)33-11-19)8-20-24(15(2)40)36-37(25(14)20)12-23(41)38-21(9-30(4)26(38)27(30)42)29(43)35-28-17(13-39)5-6-22(31)34-28/h5-8,10-11,21,26-27,39,42H,9,12-13H2,1-4H3,(H,34,35,43)/t21-,26+,27?,30+/m0/s1. The SMILES string of the molecule is CC(=O)c1nn(CC(=O)N2[C@H](C(=O)Nc3nc(Br)ccc3CO)C[C@@]3(C)C(O)[C@@H]23)c2c(C)cc(-c3cnc(C)nc3)cc12. The summed E-state index contributed by atoms with van der Waals surface area (Å²) in [6.45, 7) is 6.39. The van der Waals surface area contributed by atoms with Gasteiger partial charge in [-0.25, -0.2) is 15.0 Å². The van der Waals surface area contributed by atoms with Gasteiger partial charge >= 0.3 is 0 Å². The lowest BCUT2D eigenvalue weighted by Crippen LogP contribution is -2.48. The molecule has 2 aliphatic rings. The molecule has 4 aromatic rings. The van der Waals surface area contributed by atoms with Crippen molar-refractivity contribution < 1.29 is 24.6 Å². The van der Waals surface area contributed by atoms with Crippen molar-refractivity contribution in [1.29, 1.82) is 0 Å². The van der Waals surface area contributed by atoms with E-state index in [-0.39, 0.29) is 36.9 Å². The van der Waals surface area contributed by atoms with Gasteiger partial charge in [-0.1, -0.05) is 13.0 Å². The number of hydrogen-bond donors (Lipinski definition) is 3. The molecule has 3 N–H and O–H groups in total. The highest BCUT2D eigenvalue weighted by Crippen LogP contribution is 2.59. The lowest BCUT2D eigenvalue weighted by molar-refractivity contribution is -0.139. The Labute approximate surface area is 255 Å². The number of aryl methyl sites for hydroxylation is 2. The van der Waals surface area contributed by atoms with Gasteiger partial charge in [0.15, 0.2) is 5.78 Å². The molecule has 2 fully saturated rings. The zero-order valence-electron chi connectivity index (χ0n) is 24.0. The highest BCUT2D eigenvalue weighted by molar-refractivity contribution is 9.10. The van der Waals surface area contributed by atoms with Gasteiger partial charge in [0.1, 0.15) is 34.5 Å². The average Bonchev–Trinajstić information content (AvgIpc) is 3.24. The summed E-state index contributed by atoms with van der Waals surface area (Å²) in [4.78, 5) is 54.4. The van der Waals surface area contributed by atoms with E-state index in [1.165, 1.54) is 16.5 Å². The first kappa shape index (κ1) is 29.0. The van der Waals surface area contributed by atoms with Crippen molar-refractivity contribution in [2.24, 2.45) is 5.41 Å². The van der Waals surface area contributed by atoms with E-state index < -0.39 is 35.4 Å². The highest BCUT2D eigenvalue weighted by Gasteiger charge is 2.72. The van der Waals surface area contributed by atoms with Gasteiger partial charge in [-0.2, -0.15) is 5.10 Å². The maximum absolute atomic E-state index is 13.9. The van der Waals surface area contributed by atoms with E-state index in [1.807, 2.05) is 26.0 Å². The lowest BCUT2D eigenvalue weighted by atomic mass is 10.0. The van der Waals surface area contributed by atoms with Crippen molar-refractivity contribution in [2.75, 3.05) is 5.32 Å². The Hall–Kier alpha value is -4.07. The zero-order valence-corrected chi connectivity index (χ0v) is 25.6. The van der Waals surface area contributed by atoms with E-state index >= 15 is 0 Å². The number of hydrogen-bond acceptors (Lipinski definition) is 9. The normalized spacial score (nSPS) is 22.5. The van der Waals surface area contributed by atoms with E-state index in [0.29, 0.717) is 26.9 Å². The summed E-state index contributed by atoms with van der Waals surface area (Å²) >= 11 is 3.28. The van der Waals surface area contributed by atoms with Crippen LogP contribution in [0.25, 0.3) is 22.0 Å². The van der Waals surface area contributed by atoms with Crippen LogP contribution in [-0.2, 0) is 22.7 Å². The van der Waals surface area contributed by atoms with Crippen molar-refractivity contribution in [1.82, 2.24) is 29.6 Å². The molecule has 43 heavy (non-hydrogen) atoms. The molecule has 13 heteroatoms. The molecule has 1 saturated heterocycles. The molecule has 1 aromatic carbocycles. The smallest absolute Gasteiger partial charge is 0.248 e. The molecule has 0 spiro atoms. The number of ketones is 1. The van der Waals surface area contributed by atoms with E-state index in [9.17, 15) is 24.6 Å². The Morgan fingerprint density at radius 2 is 1.86 bits per heavy atom. The third kappa shape index (κ3) is 4.90. The molecule has 12 nitrogen and oxygen atoms in total. The van der Waals surface area contributed by atoms with Crippen LogP contribution in [0.5, 0.6) is 0 Å². The molecule has 0 radical (unpaired) electrons. The van der Waals surface area contributed by atoms with E-state index in [1.54, 1.807) is 31.5 Å². The summed E-state index contributed by atoms with van der Waals surface area (Å²) in [6, 6.07) is 5.66. The Morgan fingerprint density at radius 1 is 1.14 bits per heavy atom. The van der Waals surface area contributed by atoms with E-state index in [2.05, 4.69) is 41.3 Å². The van der Waals surface area contributed by atoms with Crippen LogP contribution in [0.15, 0.2) is 41.3 Å². The number of aromatic nitrogens is 5. The van der Waals surface area contributed by atoms with Crippen molar-refractivity contribution in [3.8, 4) is 11.1 Å². The number of rotatable bonds is 7. The molecule has 2 amide bonds. The third-order valence-corrected chi connectivity index (χ3v) is 8.97. The molecule has 4 heterocycles. The molecule has 222 valence electrons. The van der Waals surface area contributed by atoms with Crippen molar-refractivity contribution >= 4 is 50.2 Å². The largest absolute Gasteiger partial charge is 0.392 e. The fraction of sp³-hybridized carbons (Fsp3) is 0.367. The molecule has 6 rings (SSSR count). The molecule has 1 unspecified atom stereocenters. The van der Waals surface area contributed by atoms with Gasteiger partial charge in [-0.3, -0.25) is 19.1 Å². The number of carbonyl (C=O) groups is 3. The zero-order chi connectivity index (χ0) is 30.8. The number of aliphatic hydroxyl groups is 2. The Bertz CT molecular complexity index is 1810. The maximum atomic E-state index is 13.9. The number of nitrogens with one attached hydrogen (secondary N) is 1. The number of pyridine rings is 1. The number of fused-ring (bicyclic) bond motifs is 2. The average molecular weight is 649 g/mol. The number of halogens is 1. The van der Waals surface area contributed by atoms with Crippen LogP contribution < -0.4 is 5.32 Å². The van der Waals surface area contributed by atoms with Crippen LogP contribution >= 0.6 is 15.9 Å². The van der Waals surface area contributed by atoms with Gasteiger partial charge in [0, 0.05) is 41.2 Å². The number of likely N-dealkylation sites (tertiary alicyclic amines) is 1. The van der Waals surface area contributed by atoms with E-state index in [4.69, 9.17) is 0 Å². The summed E-state index contributed by atoms with van der Waals surface area (Å²) in [6.07, 6.45) is 2.93. The van der Waals surface area contributed by atoms with Crippen molar-refractivity contribution in [2.45, 2.75) is 65.5 Å². The minimum absolute atomic E-state index is 0.190. The number of nitrogens with zero attached hydrogens (tertiary/aromatic N) is 6. The predicted octanol–water partition coefficient (Wildman–Crippen LogP) is 2.95. The van der Waals surface area contributed by atoms with Gasteiger partial charge in [0.2, 0.25) is 11.8 Å². The third-order valence-electron chi connectivity index (χ3n) is 8.52. The Balaban J connectivity index is 1.33. The summed E-state index contributed by atoms with van der Waals surface area (Å²) < 4.78 is 1.97. The Morgan fingerprint density at radius 3 is 2.53 bits per heavy atom. The fourth-order valence-corrected chi connectivity index (χ4v) is 6.51. The summed E-state index contributed by atoms with van der Waals surface area (Å²) in [7, 11) is 0. The number of Topliss-reactive ketones (excluding diaryl/α,β-unsaturated/α-hetero) is 1. The first-order valence-electron chi connectivity index (χ1n) is 13.8. The fourth-order valence-electron chi connectivity index (χ4n) is 6.20. The highest BCUT2D eigenvalue weighted by atomic mass is 79.9. The monoisotopic (exact) mass is 647 g/mol. The molecule has 0 bridgehead atoms. The van der Waals surface area contributed by atoms with Crippen LogP contribution in [0.1, 0.15) is 47.7 Å². The quantitative estimate of drug-likeness (QED) is 0.202. The molecular formula is C30H30BrN7O5. The number of amides is 2. The summed E-state index contributed by atoms with van der Waals surface area (Å²) in [5.41, 5.74) is 3.05. The van der Waals surface area contributed by atoms with Gasteiger partial charge in [0.25, 0.3) is 0 Å². The topological polar surface area (TPSA) is 163 Å². The summed E-state index contributed by atoms with van der Waals surface area (Å²) in [5.74, 6) is -0.298. The van der Waals surface area contributed by atoms with Crippen LogP contribution in [0, 0.1) is 19.3 Å². The second kappa shape index (κ2) is 10.6. The van der Waals surface area contributed by atoms with Crippen molar-refractivity contribution in [3.05, 3.63) is 63.9 Å². The molecule has 3 aromatic heterocycles. The second-order valence-corrected chi connectivity index (χ2v) is 12.3. The van der Waals surface area contributed by atoms with E-state index in [0.717, 1.165) is 16.7 Å². The van der Waals surface area contributed by atoms with Gasteiger partial charge in [-0.05, 0) is 65.5 Å². The molecular weight excluding hydrogens is 618 g/mol. The predicted molar refractivity (Wildman–Crippen MR) is 160 cm³/mol. The molecule has 1 aliphatic heterocycles. The van der Waals surface area contributed by atoms with Gasteiger partial charge in [-0.15, -0.1) is 0 Å². The van der Waals surface area contributed by atoms with Gasteiger partial charge < -0.3 is 20.4 Å². The van der Waals surface area contributed by atoms with Crippen LogP contribution in [0.3, 0.4) is 0 Å². The number of aliphatic hydroxyl groups excluding tert-OH is 2. The van der Waals surface area contributed by atoms with Crippen LogP contribution in [0.2, 0.25) is 0 Å². The first-order chi connectivity index (χ1) is 20.4. The second-order valence-electron chi connectivity index (χ2n) is 11.5. The number of benzene rings is 1. The Kier molecular flexibility index (Phi) is 7.14. The minimum atomic E-state index is -0.874. The molecule has 4 atom stereocenters.